The molecule has 4 heteroatoms. The SMILES string of the molecule is COCc1ccc(C(C)(C)N)c(F)c1F. The van der Waals surface area contributed by atoms with E-state index in [1.165, 1.54) is 19.2 Å². The van der Waals surface area contributed by atoms with E-state index in [1.807, 2.05) is 0 Å². The summed E-state index contributed by atoms with van der Waals surface area (Å²) in [4.78, 5) is 0. The molecule has 0 atom stereocenters. The first kappa shape index (κ1) is 12.1. The van der Waals surface area contributed by atoms with Crippen molar-refractivity contribution in [3.8, 4) is 0 Å². The number of benzene rings is 1. The highest BCUT2D eigenvalue weighted by Gasteiger charge is 2.22. The average molecular weight is 215 g/mol. The van der Waals surface area contributed by atoms with Gasteiger partial charge in [-0.15, -0.1) is 0 Å². The van der Waals surface area contributed by atoms with E-state index in [0.29, 0.717) is 0 Å². The van der Waals surface area contributed by atoms with Crippen LogP contribution in [-0.2, 0) is 16.9 Å². The first-order valence-corrected chi connectivity index (χ1v) is 4.63. The largest absolute Gasteiger partial charge is 0.380 e. The van der Waals surface area contributed by atoms with Crippen LogP contribution in [0.3, 0.4) is 0 Å². The molecule has 0 amide bonds. The van der Waals surface area contributed by atoms with Crippen LogP contribution in [0.5, 0.6) is 0 Å². The molecule has 0 bridgehead atoms. The van der Waals surface area contributed by atoms with Crippen molar-refractivity contribution < 1.29 is 13.5 Å². The summed E-state index contributed by atoms with van der Waals surface area (Å²) in [5.41, 5.74) is 5.18. The van der Waals surface area contributed by atoms with E-state index in [0.717, 1.165) is 0 Å². The van der Waals surface area contributed by atoms with Crippen LogP contribution in [0.1, 0.15) is 25.0 Å². The second kappa shape index (κ2) is 4.24. The number of hydrogen-bond donors (Lipinski definition) is 1. The average Bonchev–Trinajstić information content (AvgIpc) is 2.11. The van der Waals surface area contributed by atoms with E-state index in [2.05, 4.69) is 0 Å². The molecule has 0 radical (unpaired) electrons. The zero-order valence-electron chi connectivity index (χ0n) is 9.10. The minimum atomic E-state index is -0.892. The first-order valence-electron chi connectivity index (χ1n) is 4.63. The van der Waals surface area contributed by atoms with Crippen molar-refractivity contribution in [1.29, 1.82) is 0 Å². The van der Waals surface area contributed by atoms with Gasteiger partial charge >= 0.3 is 0 Å². The molecule has 2 N–H and O–H groups in total. The maximum atomic E-state index is 13.6. The molecule has 0 aromatic heterocycles. The third kappa shape index (κ3) is 2.52. The summed E-state index contributed by atoms with van der Waals surface area (Å²) in [5, 5.41) is 0. The molecule has 15 heavy (non-hydrogen) atoms. The van der Waals surface area contributed by atoms with Gasteiger partial charge in [-0.2, -0.15) is 0 Å². The topological polar surface area (TPSA) is 35.2 Å². The molecule has 0 heterocycles. The van der Waals surface area contributed by atoms with Crippen LogP contribution in [0.15, 0.2) is 12.1 Å². The lowest BCUT2D eigenvalue weighted by molar-refractivity contribution is 0.180. The van der Waals surface area contributed by atoms with Gasteiger partial charge in [0.25, 0.3) is 0 Å². The smallest absolute Gasteiger partial charge is 0.164 e. The molecule has 1 aromatic carbocycles. The van der Waals surface area contributed by atoms with E-state index in [1.54, 1.807) is 13.8 Å². The lowest BCUT2D eigenvalue weighted by atomic mass is 9.94. The van der Waals surface area contributed by atoms with Gasteiger partial charge in [-0.25, -0.2) is 8.78 Å². The van der Waals surface area contributed by atoms with Crippen LogP contribution >= 0.6 is 0 Å². The monoisotopic (exact) mass is 215 g/mol. The van der Waals surface area contributed by atoms with Crippen molar-refractivity contribution in [3.63, 3.8) is 0 Å². The van der Waals surface area contributed by atoms with Crippen molar-refractivity contribution >= 4 is 0 Å². The minimum absolute atomic E-state index is 0.0496. The fraction of sp³-hybridized carbons (Fsp3) is 0.455. The molecule has 1 rings (SSSR count). The highest BCUT2D eigenvalue weighted by Crippen LogP contribution is 2.24. The van der Waals surface area contributed by atoms with Gasteiger partial charge in [-0.05, 0) is 13.8 Å². The summed E-state index contributed by atoms with van der Waals surface area (Å²) in [6.45, 7) is 3.30. The van der Waals surface area contributed by atoms with E-state index in [9.17, 15) is 8.78 Å². The molecule has 0 spiro atoms. The van der Waals surface area contributed by atoms with E-state index >= 15 is 0 Å². The predicted molar refractivity (Wildman–Crippen MR) is 54.3 cm³/mol. The Morgan fingerprint density at radius 1 is 1.27 bits per heavy atom. The molecular weight excluding hydrogens is 200 g/mol. The third-order valence-corrected chi connectivity index (χ3v) is 2.16. The zero-order valence-corrected chi connectivity index (χ0v) is 9.10. The van der Waals surface area contributed by atoms with Gasteiger partial charge in [0, 0.05) is 23.8 Å². The van der Waals surface area contributed by atoms with Crippen LogP contribution < -0.4 is 5.73 Å². The first-order chi connectivity index (χ1) is 6.88. The molecule has 0 aliphatic carbocycles. The van der Waals surface area contributed by atoms with Crippen LogP contribution in [-0.4, -0.2) is 7.11 Å². The molecule has 0 aliphatic heterocycles. The van der Waals surface area contributed by atoms with Crippen molar-refractivity contribution in [3.05, 3.63) is 34.9 Å². The Morgan fingerprint density at radius 2 is 1.87 bits per heavy atom. The quantitative estimate of drug-likeness (QED) is 0.839. The molecule has 0 unspecified atom stereocenters. The molecule has 2 nitrogen and oxygen atoms in total. The fourth-order valence-corrected chi connectivity index (χ4v) is 1.35. The number of methoxy groups -OCH3 is 1. The standard InChI is InChI=1S/C11H15F2NO/c1-11(2,14)8-5-4-7(6-15-3)9(12)10(8)13/h4-5H,6,14H2,1-3H3. The zero-order chi connectivity index (χ0) is 11.6. The maximum absolute atomic E-state index is 13.6. The van der Waals surface area contributed by atoms with Crippen molar-refractivity contribution in [2.45, 2.75) is 26.0 Å². The van der Waals surface area contributed by atoms with Gasteiger partial charge < -0.3 is 10.5 Å². The fourth-order valence-electron chi connectivity index (χ4n) is 1.35. The summed E-state index contributed by atoms with van der Waals surface area (Å²) >= 11 is 0. The highest BCUT2D eigenvalue weighted by atomic mass is 19.2. The molecule has 84 valence electrons. The predicted octanol–water partition coefficient (Wildman–Crippen LogP) is 2.31. The Hall–Kier alpha value is -1.00. The van der Waals surface area contributed by atoms with Gasteiger partial charge in [0.15, 0.2) is 11.6 Å². The van der Waals surface area contributed by atoms with Crippen molar-refractivity contribution in [2.24, 2.45) is 5.73 Å². The molecule has 0 saturated carbocycles. The summed E-state index contributed by atoms with van der Waals surface area (Å²) in [6, 6.07) is 2.98. The molecular formula is C11H15F2NO. The van der Waals surface area contributed by atoms with E-state index in [4.69, 9.17) is 10.5 Å². The van der Waals surface area contributed by atoms with Gasteiger partial charge in [0.2, 0.25) is 0 Å². The number of halogens is 2. The normalized spacial score (nSPS) is 11.9. The van der Waals surface area contributed by atoms with Crippen molar-refractivity contribution in [1.82, 2.24) is 0 Å². The molecule has 0 fully saturated rings. The minimum Gasteiger partial charge on any atom is -0.380 e. The summed E-state index contributed by atoms with van der Waals surface area (Å²) in [5.74, 6) is -1.77. The highest BCUT2D eigenvalue weighted by molar-refractivity contribution is 5.30. The van der Waals surface area contributed by atoms with Gasteiger partial charge in [0.05, 0.1) is 6.61 Å². The molecule has 1 aromatic rings. The van der Waals surface area contributed by atoms with Crippen LogP contribution in [0, 0.1) is 11.6 Å². The number of hydrogen-bond acceptors (Lipinski definition) is 2. The third-order valence-electron chi connectivity index (χ3n) is 2.16. The van der Waals surface area contributed by atoms with Gasteiger partial charge in [-0.3, -0.25) is 0 Å². The maximum Gasteiger partial charge on any atom is 0.164 e. The number of nitrogens with two attached hydrogens (primary N) is 1. The Balaban J connectivity index is 3.21. The van der Waals surface area contributed by atoms with E-state index in [-0.39, 0.29) is 17.7 Å². The number of rotatable bonds is 3. The Kier molecular flexibility index (Phi) is 3.42. The number of ether oxygens (including phenoxy) is 1. The summed E-state index contributed by atoms with van der Waals surface area (Å²) < 4.78 is 31.8. The van der Waals surface area contributed by atoms with Gasteiger partial charge in [-0.1, -0.05) is 12.1 Å². The van der Waals surface area contributed by atoms with Crippen molar-refractivity contribution in [2.75, 3.05) is 7.11 Å². The Bertz CT molecular complexity index is 358. The Morgan fingerprint density at radius 3 is 2.33 bits per heavy atom. The summed E-state index contributed by atoms with van der Waals surface area (Å²) in [6.07, 6.45) is 0. The van der Waals surface area contributed by atoms with Crippen LogP contribution in [0.4, 0.5) is 8.78 Å². The van der Waals surface area contributed by atoms with Crippen LogP contribution in [0.25, 0.3) is 0 Å². The second-order valence-electron chi connectivity index (χ2n) is 4.05. The lowest BCUT2D eigenvalue weighted by Gasteiger charge is -2.20. The second-order valence-corrected chi connectivity index (χ2v) is 4.05. The Labute approximate surface area is 88.0 Å². The lowest BCUT2D eigenvalue weighted by Crippen LogP contribution is -2.30. The van der Waals surface area contributed by atoms with E-state index < -0.39 is 17.2 Å². The molecule has 0 saturated heterocycles. The summed E-state index contributed by atoms with van der Waals surface area (Å²) in [7, 11) is 1.43. The van der Waals surface area contributed by atoms with Gasteiger partial charge in [0.1, 0.15) is 0 Å². The van der Waals surface area contributed by atoms with Crippen LogP contribution in [0.2, 0.25) is 0 Å². The molecule has 0 aliphatic rings.